The molecule has 2 amide bonds. The van der Waals surface area contributed by atoms with Crippen molar-refractivity contribution in [2.45, 2.75) is 38.5 Å². The monoisotopic (exact) mass is 479 g/mol. The fourth-order valence-corrected chi connectivity index (χ4v) is 4.37. The molecule has 3 aromatic rings. The van der Waals surface area contributed by atoms with Gasteiger partial charge in [-0.3, -0.25) is 14.8 Å². The third-order valence-corrected chi connectivity index (χ3v) is 6.18. The molecule has 2 N–H and O–H groups in total. The summed E-state index contributed by atoms with van der Waals surface area (Å²) in [5.74, 6) is -0.955. The lowest BCUT2D eigenvalue weighted by molar-refractivity contribution is 0.0268. The van der Waals surface area contributed by atoms with Gasteiger partial charge in [-0.2, -0.15) is 5.10 Å². The van der Waals surface area contributed by atoms with Gasteiger partial charge in [0.05, 0.1) is 23.3 Å². The number of aromatic amines is 1. The van der Waals surface area contributed by atoms with Crippen LogP contribution >= 0.6 is 0 Å². The molecule has 8 nitrogen and oxygen atoms in total. The van der Waals surface area contributed by atoms with Crippen molar-refractivity contribution in [1.29, 1.82) is 0 Å². The first kappa shape index (κ1) is 24.4. The molecule has 0 saturated carbocycles. The first-order valence-corrected chi connectivity index (χ1v) is 11.5. The normalized spacial score (nSPS) is 15.1. The first-order valence-electron chi connectivity index (χ1n) is 11.5. The lowest BCUT2D eigenvalue weighted by Crippen LogP contribution is -2.44. The van der Waals surface area contributed by atoms with Gasteiger partial charge in [0.15, 0.2) is 5.82 Å². The van der Waals surface area contributed by atoms with Crippen molar-refractivity contribution in [2.75, 3.05) is 26.0 Å². The van der Waals surface area contributed by atoms with Gasteiger partial charge in [0, 0.05) is 18.5 Å². The topological polar surface area (TPSA) is 90.6 Å². The Bertz CT molecular complexity index is 1210. The van der Waals surface area contributed by atoms with Gasteiger partial charge in [0.1, 0.15) is 11.9 Å². The van der Waals surface area contributed by atoms with Crippen molar-refractivity contribution in [1.82, 2.24) is 20.0 Å². The highest BCUT2D eigenvalue weighted by Crippen LogP contribution is 2.41. The molecule has 1 unspecified atom stereocenters. The van der Waals surface area contributed by atoms with E-state index in [0.717, 1.165) is 5.56 Å². The number of carbonyl (C=O) groups is 2. The van der Waals surface area contributed by atoms with E-state index in [1.807, 2.05) is 63.2 Å². The van der Waals surface area contributed by atoms with E-state index >= 15 is 0 Å². The molecule has 1 aromatic heterocycles. The number of carbonyl (C=O) groups excluding carboxylic acids is 2. The van der Waals surface area contributed by atoms with Crippen LogP contribution < -0.4 is 5.32 Å². The Kier molecular flexibility index (Phi) is 6.88. The zero-order chi connectivity index (χ0) is 25.2. The van der Waals surface area contributed by atoms with Crippen LogP contribution in [0, 0.1) is 5.82 Å². The molecule has 0 bridgehead atoms. The summed E-state index contributed by atoms with van der Waals surface area (Å²) in [6, 6.07) is 15.6. The Morgan fingerprint density at radius 1 is 1.17 bits per heavy atom. The standard InChI is InChI=1S/C26H30FN5O3/c1-26(2)22-20(23(30-29-22)28-24(33)19-12-8-9-13-21(19)27)16-32(26)25(34)35-18(15-31(3)4)14-17-10-6-5-7-11-17/h5-13,18H,14-16H2,1-4H3,(H2,28,29,30,33). The Morgan fingerprint density at radius 3 is 2.54 bits per heavy atom. The summed E-state index contributed by atoms with van der Waals surface area (Å²) in [6.45, 7) is 4.55. The maximum Gasteiger partial charge on any atom is 0.411 e. The first-order chi connectivity index (χ1) is 16.7. The molecule has 0 saturated heterocycles. The molecule has 2 heterocycles. The molecule has 1 aliphatic rings. The van der Waals surface area contributed by atoms with Crippen LogP contribution in [0.15, 0.2) is 54.6 Å². The molecule has 0 fully saturated rings. The number of ether oxygens (including phenoxy) is 1. The molecule has 35 heavy (non-hydrogen) atoms. The highest BCUT2D eigenvalue weighted by molar-refractivity contribution is 6.04. The molecule has 0 spiro atoms. The van der Waals surface area contributed by atoms with Crippen molar-refractivity contribution in [3.8, 4) is 0 Å². The zero-order valence-electron chi connectivity index (χ0n) is 20.3. The number of anilines is 1. The molecule has 4 rings (SSSR count). The summed E-state index contributed by atoms with van der Waals surface area (Å²) < 4.78 is 20.0. The van der Waals surface area contributed by atoms with E-state index in [0.29, 0.717) is 24.2 Å². The number of rotatable bonds is 7. The average molecular weight is 480 g/mol. The van der Waals surface area contributed by atoms with E-state index in [9.17, 15) is 14.0 Å². The van der Waals surface area contributed by atoms with Gasteiger partial charge in [-0.1, -0.05) is 42.5 Å². The van der Waals surface area contributed by atoms with E-state index in [2.05, 4.69) is 15.5 Å². The van der Waals surface area contributed by atoms with Crippen LogP contribution in [0.25, 0.3) is 0 Å². The number of H-pyrrole nitrogens is 1. The molecular weight excluding hydrogens is 449 g/mol. The predicted octanol–water partition coefficient (Wildman–Crippen LogP) is 4.16. The number of benzene rings is 2. The number of likely N-dealkylation sites (N-methyl/N-ethyl adjacent to an activating group) is 1. The van der Waals surface area contributed by atoms with Crippen molar-refractivity contribution in [3.63, 3.8) is 0 Å². The Balaban J connectivity index is 1.50. The van der Waals surface area contributed by atoms with Crippen LogP contribution in [-0.2, 0) is 23.2 Å². The van der Waals surface area contributed by atoms with Crippen LogP contribution in [0.3, 0.4) is 0 Å². The SMILES string of the molecule is CN(C)CC(Cc1ccccc1)OC(=O)N1Cc2c(NC(=O)c3ccccc3F)n[nH]c2C1(C)C. The number of nitrogens with one attached hydrogen (secondary N) is 2. The second-order valence-electron chi connectivity index (χ2n) is 9.46. The van der Waals surface area contributed by atoms with E-state index in [4.69, 9.17) is 4.74 Å². The summed E-state index contributed by atoms with van der Waals surface area (Å²) in [7, 11) is 3.87. The summed E-state index contributed by atoms with van der Waals surface area (Å²) >= 11 is 0. The molecule has 0 aliphatic carbocycles. The summed E-state index contributed by atoms with van der Waals surface area (Å²) in [5, 5.41) is 9.83. The van der Waals surface area contributed by atoms with Crippen molar-refractivity contribution >= 4 is 17.8 Å². The molecule has 1 aliphatic heterocycles. The second-order valence-corrected chi connectivity index (χ2v) is 9.46. The predicted molar refractivity (Wildman–Crippen MR) is 130 cm³/mol. The van der Waals surface area contributed by atoms with Gasteiger partial charge >= 0.3 is 6.09 Å². The Labute approximate surface area is 204 Å². The third kappa shape index (κ3) is 5.19. The summed E-state index contributed by atoms with van der Waals surface area (Å²) in [4.78, 5) is 29.5. The maximum absolute atomic E-state index is 14.0. The van der Waals surface area contributed by atoms with Crippen LogP contribution in [0.4, 0.5) is 15.0 Å². The number of amides is 2. The Morgan fingerprint density at radius 2 is 1.86 bits per heavy atom. The quantitative estimate of drug-likeness (QED) is 0.531. The van der Waals surface area contributed by atoms with Gasteiger partial charge < -0.3 is 15.0 Å². The van der Waals surface area contributed by atoms with Crippen LogP contribution in [0.1, 0.15) is 41.0 Å². The van der Waals surface area contributed by atoms with Crippen LogP contribution in [0.5, 0.6) is 0 Å². The molecule has 2 aromatic carbocycles. The second kappa shape index (κ2) is 9.87. The fourth-order valence-electron chi connectivity index (χ4n) is 4.37. The minimum absolute atomic E-state index is 0.0785. The highest BCUT2D eigenvalue weighted by atomic mass is 19.1. The minimum Gasteiger partial charge on any atom is -0.444 e. The molecule has 1 atom stereocenters. The number of hydrogen-bond acceptors (Lipinski definition) is 5. The van der Waals surface area contributed by atoms with Gasteiger partial charge in [-0.25, -0.2) is 9.18 Å². The fraction of sp³-hybridized carbons (Fsp3) is 0.346. The van der Waals surface area contributed by atoms with Gasteiger partial charge in [0.2, 0.25) is 0 Å². The highest BCUT2D eigenvalue weighted by Gasteiger charge is 2.45. The molecular formula is C26H30FN5O3. The smallest absolute Gasteiger partial charge is 0.411 e. The minimum atomic E-state index is -0.740. The molecule has 9 heteroatoms. The lowest BCUT2D eigenvalue weighted by Gasteiger charge is -2.33. The Hall–Kier alpha value is -3.72. The van der Waals surface area contributed by atoms with Gasteiger partial charge in [-0.15, -0.1) is 0 Å². The number of nitrogens with zero attached hydrogens (tertiary/aromatic N) is 3. The van der Waals surface area contributed by atoms with E-state index in [1.165, 1.54) is 18.2 Å². The van der Waals surface area contributed by atoms with Crippen molar-refractivity contribution < 1.29 is 18.7 Å². The van der Waals surface area contributed by atoms with Crippen molar-refractivity contribution in [2.24, 2.45) is 0 Å². The van der Waals surface area contributed by atoms with Gasteiger partial charge in [0.25, 0.3) is 5.91 Å². The summed E-state index contributed by atoms with van der Waals surface area (Å²) in [5.41, 5.74) is 1.63. The summed E-state index contributed by atoms with van der Waals surface area (Å²) in [6.07, 6.45) is -0.197. The third-order valence-electron chi connectivity index (χ3n) is 6.18. The number of halogens is 1. The van der Waals surface area contributed by atoms with Crippen LogP contribution in [-0.4, -0.2) is 58.7 Å². The van der Waals surface area contributed by atoms with E-state index in [1.54, 1.807) is 11.0 Å². The number of fused-ring (bicyclic) bond motifs is 1. The van der Waals surface area contributed by atoms with E-state index in [-0.39, 0.29) is 24.0 Å². The van der Waals surface area contributed by atoms with Gasteiger partial charge in [-0.05, 0) is 45.6 Å². The van der Waals surface area contributed by atoms with Crippen LogP contribution in [0.2, 0.25) is 0 Å². The van der Waals surface area contributed by atoms with E-state index < -0.39 is 23.4 Å². The number of aromatic nitrogens is 2. The van der Waals surface area contributed by atoms with Crippen molar-refractivity contribution in [3.05, 3.63) is 82.8 Å². The molecule has 0 radical (unpaired) electrons. The number of hydrogen-bond donors (Lipinski definition) is 2. The average Bonchev–Trinajstić information content (AvgIpc) is 3.32. The lowest BCUT2D eigenvalue weighted by atomic mass is 10.0. The maximum atomic E-state index is 14.0. The largest absolute Gasteiger partial charge is 0.444 e. The zero-order valence-corrected chi connectivity index (χ0v) is 20.3. The molecule has 184 valence electrons.